The van der Waals surface area contributed by atoms with Gasteiger partial charge in [-0.2, -0.15) is 0 Å². The summed E-state index contributed by atoms with van der Waals surface area (Å²) in [4.78, 5) is 42.9. The van der Waals surface area contributed by atoms with Crippen LogP contribution in [0.2, 0.25) is 0 Å². The number of benzene rings is 1. The van der Waals surface area contributed by atoms with Crippen molar-refractivity contribution >= 4 is 51.9 Å². The molecule has 184 valence electrons. The second-order valence-corrected chi connectivity index (χ2v) is 10.1. The Morgan fingerprint density at radius 1 is 1.11 bits per heavy atom. The van der Waals surface area contributed by atoms with Gasteiger partial charge in [-0.25, -0.2) is 4.79 Å². The molecule has 2 aromatic rings. The first-order valence-corrected chi connectivity index (χ1v) is 13.1. The van der Waals surface area contributed by atoms with Crippen LogP contribution < -0.4 is 15.8 Å². The molecule has 1 fully saturated rings. The number of amides is 2. The smallest absolute Gasteiger partial charge is 0.343 e. The third-order valence-electron chi connectivity index (χ3n) is 7.40. The summed E-state index contributed by atoms with van der Waals surface area (Å²) in [7, 11) is 0. The molecule has 5 rings (SSSR count). The number of aryl methyl sites for hydroxylation is 3. The molecule has 0 spiro atoms. The zero-order valence-electron chi connectivity index (χ0n) is 20.4. The molecule has 1 aromatic carbocycles. The van der Waals surface area contributed by atoms with Gasteiger partial charge in [0.25, 0.3) is 11.8 Å². The standard InChI is InChI=1S/C27H31N3O4S/c1-3-4-5-6-13-30-25(32)21(24(31)28-27(30)35)15-20-16(2)19-14-17-9-7-11-29-12-8-10-18(22(17)29)23(19)34-26(20)33/h14-15H,3-13H2,1-2H3,(H,28,31,35). The van der Waals surface area contributed by atoms with E-state index < -0.39 is 17.4 Å². The van der Waals surface area contributed by atoms with E-state index >= 15 is 0 Å². The maximum atomic E-state index is 13.2. The highest BCUT2D eigenvalue weighted by Gasteiger charge is 2.34. The Hall–Kier alpha value is -3.00. The van der Waals surface area contributed by atoms with Crippen molar-refractivity contribution in [2.75, 3.05) is 24.5 Å². The predicted molar refractivity (Wildman–Crippen MR) is 141 cm³/mol. The van der Waals surface area contributed by atoms with Gasteiger partial charge in [-0.05, 0) is 74.5 Å². The van der Waals surface area contributed by atoms with Gasteiger partial charge >= 0.3 is 5.63 Å². The van der Waals surface area contributed by atoms with Crippen LogP contribution in [0.4, 0.5) is 5.69 Å². The van der Waals surface area contributed by atoms with Crippen LogP contribution in [0, 0.1) is 6.92 Å². The fraction of sp³-hybridized carbons (Fsp3) is 0.481. The van der Waals surface area contributed by atoms with E-state index in [-0.39, 0.29) is 16.2 Å². The summed E-state index contributed by atoms with van der Waals surface area (Å²) in [6.07, 6.45) is 9.33. The van der Waals surface area contributed by atoms with Gasteiger partial charge in [0.15, 0.2) is 5.11 Å². The van der Waals surface area contributed by atoms with Gasteiger partial charge in [0, 0.05) is 36.3 Å². The van der Waals surface area contributed by atoms with Crippen LogP contribution in [0.3, 0.4) is 0 Å². The van der Waals surface area contributed by atoms with Crippen molar-refractivity contribution in [1.29, 1.82) is 0 Å². The summed E-state index contributed by atoms with van der Waals surface area (Å²) < 4.78 is 5.89. The van der Waals surface area contributed by atoms with E-state index in [1.807, 2.05) is 6.92 Å². The van der Waals surface area contributed by atoms with Gasteiger partial charge in [-0.3, -0.25) is 19.8 Å². The Balaban J connectivity index is 1.56. The van der Waals surface area contributed by atoms with Crippen LogP contribution in [0.25, 0.3) is 17.0 Å². The van der Waals surface area contributed by atoms with Crippen molar-refractivity contribution < 1.29 is 14.0 Å². The summed E-state index contributed by atoms with van der Waals surface area (Å²) >= 11 is 5.25. The molecule has 8 heteroatoms. The number of fused-ring (bicyclic) bond motifs is 2. The van der Waals surface area contributed by atoms with E-state index in [2.05, 4.69) is 23.2 Å². The number of rotatable bonds is 6. The molecular formula is C27H31N3O4S. The van der Waals surface area contributed by atoms with Crippen LogP contribution in [-0.2, 0) is 22.4 Å². The maximum Gasteiger partial charge on any atom is 0.343 e. The molecule has 7 nitrogen and oxygen atoms in total. The summed E-state index contributed by atoms with van der Waals surface area (Å²) in [5, 5.41) is 3.61. The number of nitrogens with zero attached hydrogens (tertiary/aromatic N) is 2. The minimum absolute atomic E-state index is 0.0886. The average molecular weight is 494 g/mol. The van der Waals surface area contributed by atoms with Crippen LogP contribution in [0.1, 0.15) is 67.7 Å². The molecule has 3 aliphatic heterocycles. The topological polar surface area (TPSA) is 82.9 Å². The molecule has 3 aliphatic rings. The first-order chi connectivity index (χ1) is 16.9. The summed E-state index contributed by atoms with van der Waals surface area (Å²) in [5.41, 5.74) is 4.61. The highest BCUT2D eigenvalue weighted by Crippen LogP contribution is 2.40. The number of carbonyl (C=O) groups is 2. The van der Waals surface area contributed by atoms with Crippen LogP contribution in [0.15, 0.2) is 20.9 Å². The zero-order valence-corrected chi connectivity index (χ0v) is 21.2. The molecule has 35 heavy (non-hydrogen) atoms. The Morgan fingerprint density at radius 3 is 2.66 bits per heavy atom. The predicted octanol–water partition coefficient (Wildman–Crippen LogP) is 4.01. The number of unbranched alkanes of at least 4 members (excludes halogenated alkanes) is 3. The van der Waals surface area contributed by atoms with E-state index in [0.717, 1.165) is 81.0 Å². The number of thiocarbonyl (C=S) groups is 1. The average Bonchev–Trinajstić information content (AvgIpc) is 2.84. The first-order valence-electron chi connectivity index (χ1n) is 12.7. The summed E-state index contributed by atoms with van der Waals surface area (Å²) in [5.74, 6) is -1.05. The lowest BCUT2D eigenvalue weighted by molar-refractivity contribution is -0.128. The third kappa shape index (κ3) is 4.18. The second kappa shape index (κ2) is 9.57. The van der Waals surface area contributed by atoms with Gasteiger partial charge in [-0.1, -0.05) is 26.2 Å². The van der Waals surface area contributed by atoms with Crippen molar-refractivity contribution in [2.45, 2.75) is 65.2 Å². The van der Waals surface area contributed by atoms with Gasteiger partial charge in [0.2, 0.25) is 0 Å². The Kier molecular flexibility index (Phi) is 6.49. The van der Waals surface area contributed by atoms with Crippen LogP contribution in [-0.4, -0.2) is 41.5 Å². The third-order valence-corrected chi connectivity index (χ3v) is 7.73. The highest BCUT2D eigenvalue weighted by atomic mass is 32.1. The van der Waals surface area contributed by atoms with E-state index in [9.17, 15) is 14.4 Å². The van der Waals surface area contributed by atoms with Crippen molar-refractivity contribution in [3.63, 3.8) is 0 Å². The lowest BCUT2D eigenvalue weighted by Crippen LogP contribution is -2.54. The van der Waals surface area contributed by atoms with E-state index in [4.69, 9.17) is 16.6 Å². The molecule has 2 amide bonds. The SMILES string of the molecule is CCCCCCN1C(=O)C(=Cc2c(C)c3cc4c5c(c3oc2=O)CCCN5CCC4)C(=O)NC1=S. The van der Waals surface area contributed by atoms with Crippen LogP contribution in [0.5, 0.6) is 0 Å². The number of hydrogen-bond donors (Lipinski definition) is 1. The minimum Gasteiger partial charge on any atom is -0.422 e. The molecule has 0 radical (unpaired) electrons. The summed E-state index contributed by atoms with van der Waals surface area (Å²) in [6, 6.07) is 2.13. The Morgan fingerprint density at radius 2 is 1.89 bits per heavy atom. The van der Waals surface area contributed by atoms with E-state index in [1.54, 1.807) is 0 Å². The monoisotopic (exact) mass is 493 g/mol. The number of anilines is 1. The summed E-state index contributed by atoms with van der Waals surface area (Å²) in [6.45, 7) is 6.50. The van der Waals surface area contributed by atoms with Gasteiger partial charge in [0.1, 0.15) is 11.2 Å². The molecule has 0 atom stereocenters. The zero-order chi connectivity index (χ0) is 24.7. The maximum absolute atomic E-state index is 13.2. The molecule has 0 bridgehead atoms. The van der Waals surface area contributed by atoms with Gasteiger partial charge in [0.05, 0.1) is 5.56 Å². The number of hydrogen-bond acceptors (Lipinski definition) is 6. The van der Waals surface area contributed by atoms with Crippen molar-refractivity contribution in [1.82, 2.24) is 10.2 Å². The van der Waals surface area contributed by atoms with Gasteiger partial charge in [-0.15, -0.1) is 0 Å². The Bertz CT molecular complexity index is 1320. The molecule has 1 aromatic heterocycles. The van der Waals surface area contributed by atoms with E-state index in [1.165, 1.54) is 22.2 Å². The molecule has 4 heterocycles. The molecule has 1 N–H and O–H groups in total. The Labute approximate surface area is 210 Å². The van der Waals surface area contributed by atoms with Crippen molar-refractivity contribution in [3.8, 4) is 0 Å². The van der Waals surface area contributed by atoms with Crippen molar-refractivity contribution in [3.05, 3.63) is 44.3 Å². The largest absolute Gasteiger partial charge is 0.422 e. The number of carbonyl (C=O) groups excluding carboxylic acids is 2. The normalized spacial score (nSPS) is 18.9. The fourth-order valence-corrected chi connectivity index (χ4v) is 5.84. The van der Waals surface area contributed by atoms with Crippen molar-refractivity contribution in [2.24, 2.45) is 0 Å². The number of nitrogens with one attached hydrogen (secondary N) is 1. The second-order valence-electron chi connectivity index (χ2n) is 9.70. The first kappa shape index (κ1) is 23.7. The lowest BCUT2D eigenvalue weighted by atomic mass is 9.88. The minimum atomic E-state index is -0.583. The quantitative estimate of drug-likeness (QED) is 0.215. The molecule has 1 saturated heterocycles. The fourth-order valence-electron chi connectivity index (χ4n) is 5.58. The van der Waals surface area contributed by atoms with E-state index in [0.29, 0.717) is 12.1 Å². The molecule has 0 unspecified atom stereocenters. The van der Waals surface area contributed by atoms with Crippen LogP contribution >= 0.6 is 12.2 Å². The highest BCUT2D eigenvalue weighted by molar-refractivity contribution is 7.80. The molecule has 0 saturated carbocycles. The van der Waals surface area contributed by atoms with Gasteiger partial charge < -0.3 is 9.32 Å². The molecular weight excluding hydrogens is 462 g/mol. The lowest BCUT2D eigenvalue weighted by Gasteiger charge is -2.37. The molecule has 0 aliphatic carbocycles.